The third kappa shape index (κ3) is 3.27. The first-order chi connectivity index (χ1) is 7.84. The Morgan fingerprint density at radius 1 is 1.12 bits per heavy atom. The topological polar surface area (TPSA) is 47.9 Å². The van der Waals surface area contributed by atoms with Crippen LogP contribution in [0.5, 0.6) is 6.01 Å². The molecule has 0 saturated carbocycles. The predicted molar refractivity (Wildman–Crippen MR) is 63.2 cm³/mol. The van der Waals surface area contributed by atoms with Gasteiger partial charge in [-0.15, -0.1) is 0 Å². The molecule has 2 aromatic rings. The number of nitrogens with zero attached hydrogens (tertiary/aromatic N) is 3. The molecule has 0 N–H and O–H groups in total. The van der Waals surface area contributed by atoms with E-state index in [0.717, 1.165) is 16.6 Å². The summed E-state index contributed by atoms with van der Waals surface area (Å²) in [6.45, 7) is 0.526. The summed E-state index contributed by atoms with van der Waals surface area (Å²) in [5.74, 6) is 0. The van der Waals surface area contributed by atoms with E-state index in [1.165, 1.54) is 0 Å². The molecular formula is C11H10BrN3O. The second-order valence-corrected chi connectivity index (χ2v) is 4.02. The van der Waals surface area contributed by atoms with Crippen molar-refractivity contribution in [2.24, 2.45) is 0 Å². The molecule has 2 rings (SSSR count). The summed E-state index contributed by atoms with van der Waals surface area (Å²) in [5, 5.41) is 0. The standard InChI is InChI=1S/C11H10BrN3O/c12-9-7-14-11(15-8-9)16-6-4-10-3-1-2-5-13-10/h1-3,5,7-8H,4,6H2. The molecule has 16 heavy (non-hydrogen) atoms. The minimum absolute atomic E-state index is 0.388. The van der Waals surface area contributed by atoms with Crippen molar-refractivity contribution >= 4 is 15.9 Å². The lowest BCUT2D eigenvalue weighted by atomic mass is 10.3. The summed E-state index contributed by atoms with van der Waals surface area (Å²) < 4.78 is 6.22. The van der Waals surface area contributed by atoms with E-state index in [4.69, 9.17) is 4.74 Å². The van der Waals surface area contributed by atoms with E-state index in [1.54, 1.807) is 18.6 Å². The highest BCUT2D eigenvalue weighted by molar-refractivity contribution is 9.10. The zero-order valence-electron chi connectivity index (χ0n) is 8.51. The predicted octanol–water partition coefficient (Wildman–Crippen LogP) is 2.26. The Morgan fingerprint density at radius 2 is 1.94 bits per heavy atom. The number of pyridine rings is 1. The van der Waals surface area contributed by atoms with Crippen LogP contribution in [-0.2, 0) is 6.42 Å². The van der Waals surface area contributed by atoms with Crippen LogP contribution in [0.25, 0.3) is 0 Å². The van der Waals surface area contributed by atoms with Crippen LogP contribution in [-0.4, -0.2) is 21.6 Å². The molecule has 0 atom stereocenters. The second-order valence-electron chi connectivity index (χ2n) is 3.10. The van der Waals surface area contributed by atoms with E-state index in [9.17, 15) is 0 Å². The molecule has 2 aromatic heterocycles. The number of hydrogen-bond acceptors (Lipinski definition) is 4. The Balaban J connectivity index is 1.82. The van der Waals surface area contributed by atoms with Gasteiger partial charge in [0.05, 0.1) is 11.1 Å². The third-order valence-corrected chi connectivity index (χ3v) is 2.32. The fraction of sp³-hybridized carbons (Fsp3) is 0.182. The van der Waals surface area contributed by atoms with E-state index in [-0.39, 0.29) is 0 Å². The second kappa shape index (κ2) is 5.55. The van der Waals surface area contributed by atoms with Crippen LogP contribution in [0.2, 0.25) is 0 Å². The summed E-state index contributed by atoms with van der Waals surface area (Å²) in [7, 11) is 0. The van der Waals surface area contributed by atoms with E-state index < -0.39 is 0 Å². The van der Waals surface area contributed by atoms with E-state index in [0.29, 0.717) is 12.6 Å². The maximum atomic E-state index is 5.38. The molecule has 0 fully saturated rings. The quantitative estimate of drug-likeness (QED) is 0.861. The Kier molecular flexibility index (Phi) is 3.82. The highest BCUT2D eigenvalue weighted by Crippen LogP contribution is 2.08. The minimum Gasteiger partial charge on any atom is -0.463 e. The summed E-state index contributed by atoms with van der Waals surface area (Å²) in [6.07, 6.45) is 5.83. The van der Waals surface area contributed by atoms with Crippen molar-refractivity contribution < 1.29 is 4.74 Å². The van der Waals surface area contributed by atoms with Gasteiger partial charge in [0.15, 0.2) is 0 Å². The number of halogens is 1. The maximum absolute atomic E-state index is 5.38. The van der Waals surface area contributed by atoms with Crippen LogP contribution in [0.4, 0.5) is 0 Å². The first kappa shape index (κ1) is 11.0. The average Bonchev–Trinajstić information content (AvgIpc) is 2.33. The van der Waals surface area contributed by atoms with Crippen molar-refractivity contribution in [3.05, 3.63) is 47.0 Å². The highest BCUT2D eigenvalue weighted by atomic mass is 79.9. The Labute approximate surface area is 102 Å². The van der Waals surface area contributed by atoms with Crippen LogP contribution < -0.4 is 4.74 Å². The Hall–Kier alpha value is -1.49. The molecule has 0 amide bonds. The van der Waals surface area contributed by atoms with Gasteiger partial charge >= 0.3 is 6.01 Å². The van der Waals surface area contributed by atoms with Crippen molar-refractivity contribution in [2.75, 3.05) is 6.61 Å². The van der Waals surface area contributed by atoms with Gasteiger partial charge < -0.3 is 4.74 Å². The summed E-state index contributed by atoms with van der Waals surface area (Å²) in [5.41, 5.74) is 1.000. The molecule has 0 unspecified atom stereocenters. The zero-order chi connectivity index (χ0) is 11.2. The average molecular weight is 280 g/mol. The summed E-state index contributed by atoms with van der Waals surface area (Å²) in [6, 6.07) is 6.20. The minimum atomic E-state index is 0.388. The van der Waals surface area contributed by atoms with Gasteiger partial charge in [-0.2, -0.15) is 0 Å². The molecule has 2 heterocycles. The molecule has 4 nitrogen and oxygen atoms in total. The number of rotatable bonds is 4. The van der Waals surface area contributed by atoms with Crippen molar-refractivity contribution in [1.82, 2.24) is 15.0 Å². The molecule has 5 heteroatoms. The molecule has 82 valence electrons. The van der Waals surface area contributed by atoms with Gasteiger partial charge in [0, 0.05) is 30.7 Å². The van der Waals surface area contributed by atoms with Crippen LogP contribution in [0, 0.1) is 0 Å². The molecule has 0 aromatic carbocycles. The van der Waals surface area contributed by atoms with Crippen LogP contribution >= 0.6 is 15.9 Å². The monoisotopic (exact) mass is 279 g/mol. The SMILES string of the molecule is Brc1cnc(OCCc2ccccn2)nc1. The Morgan fingerprint density at radius 3 is 2.62 bits per heavy atom. The third-order valence-electron chi connectivity index (χ3n) is 1.91. The smallest absolute Gasteiger partial charge is 0.316 e. The largest absolute Gasteiger partial charge is 0.463 e. The first-order valence-corrected chi connectivity index (χ1v) is 5.64. The fourth-order valence-electron chi connectivity index (χ4n) is 1.17. The summed E-state index contributed by atoms with van der Waals surface area (Å²) >= 11 is 3.26. The lowest BCUT2D eigenvalue weighted by Gasteiger charge is -2.03. The van der Waals surface area contributed by atoms with Gasteiger partial charge in [0.1, 0.15) is 0 Å². The van der Waals surface area contributed by atoms with Gasteiger partial charge in [0.25, 0.3) is 0 Å². The molecule has 0 radical (unpaired) electrons. The van der Waals surface area contributed by atoms with E-state index in [2.05, 4.69) is 30.9 Å². The number of hydrogen-bond donors (Lipinski definition) is 0. The maximum Gasteiger partial charge on any atom is 0.316 e. The van der Waals surface area contributed by atoms with Crippen LogP contribution in [0.1, 0.15) is 5.69 Å². The van der Waals surface area contributed by atoms with Crippen molar-refractivity contribution in [3.8, 4) is 6.01 Å². The van der Waals surface area contributed by atoms with Crippen LogP contribution in [0.15, 0.2) is 41.3 Å². The van der Waals surface area contributed by atoms with Gasteiger partial charge in [-0.25, -0.2) is 9.97 Å². The molecule has 0 saturated heterocycles. The van der Waals surface area contributed by atoms with Crippen molar-refractivity contribution in [2.45, 2.75) is 6.42 Å². The molecule has 0 aliphatic carbocycles. The van der Waals surface area contributed by atoms with Crippen molar-refractivity contribution in [3.63, 3.8) is 0 Å². The van der Waals surface area contributed by atoms with Crippen LogP contribution in [0.3, 0.4) is 0 Å². The lowest BCUT2D eigenvalue weighted by molar-refractivity contribution is 0.295. The van der Waals surface area contributed by atoms with Gasteiger partial charge in [-0.1, -0.05) is 6.07 Å². The summed E-state index contributed by atoms with van der Waals surface area (Å²) in [4.78, 5) is 12.2. The first-order valence-electron chi connectivity index (χ1n) is 4.85. The normalized spacial score (nSPS) is 10.1. The molecule has 0 spiro atoms. The van der Waals surface area contributed by atoms with E-state index >= 15 is 0 Å². The molecule has 0 aliphatic heterocycles. The van der Waals surface area contributed by atoms with Gasteiger partial charge in [-0.05, 0) is 28.1 Å². The molecule has 0 aliphatic rings. The number of ether oxygens (including phenoxy) is 1. The highest BCUT2D eigenvalue weighted by Gasteiger charge is 1.98. The van der Waals surface area contributed by atoms with Crippen molar-refractivity contribution in [1.29, 1.82) is 0 Å². The number of aromatic nitrogens is 3. The zero-order valence-corrected chi connectivity index (χ0v) is 10.1. The fourth-order valence-corrected chi connectivity index (χ4v) is 1.37. The lowest BCUT2D eigenvalue weighted by Crippen LogP contribution is -2.04. The molecule has 0 bridgehead atoms. The van der Waals surface area contributed by atoms with Gasteiger partial charge in [0.2, 0.25) is 0 Å². The Bertz CT molecular complexity index is 433. The van der Waals surface area contributed by atoms with Gasteiger partial charge in [-0.3, -0.25) is 4.98 Å². The van der Waals surface area contributed by atoms with E-state index in [1.807, 2.05) is 18.2 Å². The molecular weight excluding hydrogens is 270 g/mol.